The highest BCUT2D eigenvalue weighted by molar-refractivity contribution is 5.92. The molecule has 0 spiro atoms. The molecule has 1 heterocycles. The number of nitrogens with zero attached hydrogens (tertiary/aromatic N) is 3. The molecule has 10 atom stereocenters. The van der Waals surface area contributed by atoms with Crippen molar-refractivity contribution in [2.75, 3.05) is 34.9 Å². The molecule has 0 radical (unpaired) electrons. The zero-order valence-electron chi connectivity index (χ0n) is 46.7. The number of likely N-dealkylation sites (tertiary alicyclic amines) is 1. The summed E-state index contributed by atoms with van der Waals surface area (Å²) in [4.78, 5) is 90.1. The lowest BCUT2D eigenvalue weighted by atomic mass is 9.89. The van der Waals surface area contributed by atoms with Gasteiger partial charge in [0.1, 0.15) is 30.3 Å². The molecular weight excluding hydrogens is 939 g/mol. The maximum Gasteiger partial charge on any atom is 0.410 e. The Bertz CT molecular complexity index is 2340. The SMILES string of the molecule is CC[C@H](C)C(C(CC(=O)N1[C@@H](C)CC[C@H]1[C@H](OC)[C@@H](C)C(=O)N[C@@H](Cc1ccccc1)C(=O)OC(C)(C)C)OC)N(C)C(=O)[C@@H](NC(=O)[C@H](C(C)C)N(C)C(=O)OCC1c2ccccc2-c2ccccc21)C(C)C. The van der Waals surface area contributed by atoms with E-state index in [0.717, 1.165) is 27.8 Å². The second-order valence-electron chi connectivity index (χ2n) is 22.2. The fraction of sp³-hybridized carbons (Fsp3) is 0.593. The van der Waals surface area contributed by atoms with Crippen LogP contribution in [0, 0.1) is 23.7 Å². The van der Waals surface area contributed by atoms with Crippen molar-refractivity contribution < 1.29 is 47.7 Å². The molecule has 15 heteroatoms. The molecule has 5 amide bonds. The summed E-state index contributed by atoms with van der Waals surface area (Å²) in [5.74, 6) is -3.76. The molecule has 3 aromatic rings. The standard InChI is InChI=1S/C59H85N5O10/c1-16-37(6)52(48(71-14)33-49(65)64-38(7)30-31-47(64)53(72-15)39(8)54(66)60-46(57(69)74-59(9,10)11)32-40-24-18-17-19-25-40)62(12)56(68)50(35(2)3)61-55(67)51(36(4)5)63(13)58(70)73-34-45-43-28-22-20-26-41(43)42-27-21-23-29-44(42)45/h17-29,35-39,45-48,50-53H,16,30-34H2,1-15H3,(H,60,66)(H,61,67)/t37-,38-,39+,46-,47-,48?,50-,51-,52?,53+/m0/s1. The fourth-order valence-electron chi connectivity index (χ4n) is 11.0. The summed E-state index contributed by atoms with van der Waals surface area (Å²) in [6, 6.07) is 21.4. The first-order valence-electron chi connectivity index (χ1n) is 26.5. The number of hydrogen-bond donors (Lipinski definition) is 2. The van der Waals surface area contributed by atoms with Gasteiger partial charge in [0.2, 0.25) is 23.6 Å². The summed E-state index contributed by atoms with van der Waals surface area (Å²) in [5, 5.41) is 5.96. The van der Waals surface area contributed by atoms with Crippen molar-refractivity contribution in [2.24, 2.45) is 23.7 Å². The molecule has 5 rings (SSSR count). The van der Waals surface area contributed by atoms with Crippen LogP contribution < -0.4 is 10.6 Å². The Balaban J connectivity index is 1.29. The largest absolute Gasteiger partial charge is 0.458 e. The Labute approximate surface area is 440 Å². The first kappa shape index (κ1) is 59.1. The van der Waals surface area contributed by atoms with Crippen LogP contribution in [-0.4, -0.2) is 139 Å². The van der Waals surface area contributed by atoms with Gasteiger partial charge in [0.05, 0.1) is 36.6 Å². The molecule has 406 valence electrons. The van der Waals surface area contributed by atoms with E-state index in [1.165, 1.54) is 19.1 Å². The van der Waals surface area contributed by atoms with Gasteiger partial charge in [-0.25, -0.2) is 9.59 Å². The van der Waals surface area contributed by atoms with E-state index in [0.29, 0.717) is 19.3 Å². The van der Waals surface area contributed by atoms with Crippen LogP contribution in [0.3, 0.4) is 0 Å². The Hall–Kier alpha value is -5.80. The normalized spacial score (nSPS) is 18.7. The summed E-state index contributed by atoms with van der Waals surface area (Å²) < 4.78 is 23.9. The van der Waals surface area contributed by atoms with Gasteiger partial charge < -0.3 is 39.4 Å². The van der Waals surface area contributed by atoms with Crippen LogP contribution in [0.15, 0.2) is 78.9 Å². The molecule has 0 saturated carbocycles. The molecule has 0 aromatic heterocycles. The third-order valence-corrected chi connectivity index (χ3v) is 15.1. The summed E-state index contributed by atoms with van der Waals surface area (Å²) in [5.41, 5.74) is 4.46. The quantitative estimate of drug-likeness (QED) is 0.0879. The van der Waals surface area contributed by atoms with Gasteiger partial charge in [0.25, 0.3) is 0 Å². The van der Waals surface area contributed by atoms with Crippen molar-refractivity contribution in [1.29, 1.82) is 0 Å². The van der Waals surface area contributed by atoms with E-state index in [-0.39, 0.29) is 61.0 Å². The van der Waals surface area contributed by atoms with Crippen LogP contribution in [0.25, 0.3) is 11.1 Å². The lowest BCUT2D eigenvalue weighted by Crippen LogP contribution is -2.60. The molecule has 0 bridgehead atoms. The minimum atomic E-state index is -0.981. The third kappa shape index (κ3) is 14.1. The van der Waals surface area contributed by atoms with Crippen LogP contribution in [0.4, 0.5) is 4.79 Å². The summed E-state index contributed by atoms with van der Waals surface area (Å²) >= 11 is 0. The number of hydrogen-bond acceptors (Lipinski definition) is 10. The zero-order chi connectivity index (χ0) is 54.8. The number of amides is 5. The van der Waals surface area contributed by atoms with Gasteiger partial charge in [-0.2, -0.15) is 0 Å². The number of likely N-dealkylation sites (N-methyl/N-ethyl adjacent to an activating group) is 2. The van der Waals surface area contributed by atoms with E-state index in [1.807, 2.05) is 115 Å². The Morgan fingerprint density at radius 3 is 1.85 bits per heavy atom. The number of carbonyl (C=O) groups is 6. The van der Waals surface area contributed by atoms with Crippen LogP contribution >= 0.6 is 0 Å². The lowest BCUT2D eigenvalue weighted by molar-refractivity contribution is -0.159. The Morgan fingerprint density at radius 2 is 1.32 bits per heavy atom. The van der Waals surface area contributed by atoms with Gasteiger partial charge in [-0.1, -0.05) is 134 Å². The second-order valence-corrected chi connectivity index (χ2v) is 22.2. The van der Waals surface area contributed by atoms with Gasteiger partial charge >= 0.3 is 12.1 Å². The highest BCUT2D eigenvalue weighted by Crippen LogP contribution is 2.44. The maximum absolute atomic E-state index is 14.8. The molecular formula is C59H85N5O10. The topological polar surface area (TPSA) is 173 Å². The first-order chi connectivity index (χ1) is 34.9. The van der Waals surface area contributed by atoms with E-state index in [4.69, 9.17) is 18.9 Å². The molecule has 74 heavy (non-hydrogen) atoms. The second kappa shape index (κ2) is 26.1. The number of nitrogens with one attached hydrogen (secondary N) is 2. The molecule has 3 aromatic carbocycles. The van der Waals surface area contributed by atoms with Crippen molar-refractivity contribution in [3.63, 3.8) is 0 Å². The summed E-state index contributed by atoms with van der Waals surface area (Å²) in [6.07, 6.45) is -0.0463. The Kier molecular flexibility index (Phi) is 20.8. The van der Waals surface area contributed by atoms with Crippen LogP contribution in [0.5, 0.6) is 0 Å². The highest BCUT2D eigenvalue weighted by Gasteiger charge is 2.46. The highest BCUT2D eigenvalue weighted by atomic mass is 16.6. The predicted molar refractivity (Wildman–Crippen MR) is 287 cm³/mol. The van der Waals surface area contributed by atoms with Crippen molar-refractivity contribution in [1.82, 2.24) is 25.3 Å². The van der Waals surface area contributed by atoms with Gasteiger partial charge in [-0.15, -0.1) is 0 Å². The Morgan fingerprint density at radius 1 is 0.743 bits per heavy atom. The van der Waals surface area contributed by atoms with Crippen molar-refractivity contribution in [3.05, 3.63) is 95.6 Å². The van der Waals surface area contributed by atoms with Crippen LogP contribution in [0.2, 0.25) is 0 Å². The van der Waals surface area contributed by atoms with Crippen molar-refractivity contribution in [2.45, 2.75) is 168 Å². The van der Waals surface area contributed by atoms with E-state index in [1.54, 1.807) is 51.6 Å². The lowest BCUT2D eigenvalue weighted by Gasteiger charge is -2.41. The number of fused-ring (bicyclic) bond motifs is 3. The predicted octanol–water partition coefficient (Wildman–Crippen LogP) is 8.41. The molecule has 1 aliphatic heterocycles. The minimum Gasteiger partial charge on any atom is -0.458 e. The van der Waals surface area contributed by atoms with Gasteiger partial charge in [-0.3, -0.25) is 24.1 Å². The van der Waals surface area contributed by atoms with Gasteiger partial charge in [0.15, 0.2) is 0 Å². The van der Waals surface area contributed by atoms with Crippen molar-refractivity contribution >= 4 is 35.7 Å². The van der Waals surface area contributed by atoms with E-state index >= 15 is 0 Å². The number of benzene rings is 3. The molecule has 15 nitrogen and oxygen atoms in total. The van der Waals surface area contributed by atoms with Crippen LogP contribution in [-0.2, 0) is 49.3 Å². The fourth-order valence-corrected chi connectivity index (χ4v) is 11.0. The number of rotatable bonds is 23. The molecule has 1 fully saturated rings. The number of esters is 1. The van der Waals surface area contributed by atoms with E-state index in [9.17, 15) is 28.8 Å². The summed E-state index contributed by atoms with van der Waals surface area (Å²) in [7, 11) is 6.29. The summed E-state index contributed by atoms with van der Waals surface area (Å²) in [6.45, 7) is 20.6. The molecule has 2 N–H and O–H groups in total. The number of ether oxygens (including phenoxy) is 4. The number of carbonyl (C=O) groups excluding carboxylic acids is 6. The molecule has 1 aliphatic carbocycles. The molecule has 1 saturated heterocycles. The monoisotopic (exact) mass is 1020 g/mol. The van der Waals surface area contributed by atoms with E-state index in [2.05, 4.69) is 22.8 Å². The minimum absolute atomic E-state index is 0.0716. The number of methoxy groups -OCH3 is 2. The first-order valence-corrected chi connectivity index (χ1v) is 26.5. The molecule has 2 unspecified atom stereocenters. The smallest absolute Gasteiger partial charge is 0.410 e. The maximum atomic E-state index is 14.8. The average molecular weight is 1020 g/mol. The third-order valence-electron chi connectivity index (χ3n) is 15.1. The van der Waals surface area contributed by atoms with E-state index < -0.39 is 77.8 Å². The van der Waals surface area contributed by atoms with Gasteiger partial charge in [0, 0.05) is 46.7 Å². The van der Waals surface area contributed by atoms with Crippen molar-refractivity contribution in [3.8, 4) is 11.1 Å². The van der Waals surface area contributed by atoms with Gasteiger partial charge in [-0.05, 0) is 86.1 Å². The zero-order valence-corrected chi connectivity index (χ0v) is 46.7. The van der Waals surface area contributed by atoms with Crippen LogP contribution in [0.1, 0.15) is 124 Å². The molecule has 2 aliphatic rings. The average Bonchev–Trinajstić information content (AvgIpc) is 3.90.